The van der Waals surface area contributed by atoms with Crippen molar-refractivity contribution in [2.24, 2.45) is 0 Å². The van der Waals surface area contributed by atoms with E-state index in [1.807, 2.05) is 12.1 Å². The number of hydrogen-bond acceptors (Lipinski definition) is 8. The summed E-state index contributed by atoms with van der Waals surface area (Å²) >= 11 is 0. The van der Waals surface area contributed by atoms with Crippen molar-refractivity contribution in [2.45, 2.75) is 0 Å². The van der Waals surface area contributed by atoms with Crippen molar-refractivity contribution in [2.75, 3.05) is 27.4 Å². The first kappa shape index (κ1) is 28.8. The molecule has 0 aromatic heterocycles. The van der Waals surface area contributed by atoms with Crippen LogP contribution in [-0.4, -0.2) is 45.3 Å². The molecule has 3 aromatic rings. The number of esters is 3. The van der Waals surface area contributed by atoms with Crippen LogP contribution in [0.3, 0.4) is 0 Å². The standard InChI is InChI=1S/C31H28O8/c1-6-29(32)39-28-17-24(22-7-12-25(13-8-22)37-30(33)20(2)18-35-4)11-16-27(28)23-9-14-26(15-10-23)38-31(34)21(3)19-36-5/h6-17H,1-3,18-19H2,4-5H3. The van der Waals surface area contributed by atoms with Crippen LogP contribution in [0, 0.1) is 0 Å². The number of ether oxygens (including phenoxy) is 5. The van der Waals surface area contributed by atoms with Gasteiger partial charge in [0.2, 0.25) is 0 Å². The van der Waals surface area contributed by atoms with Crippen molar-refractivity contribution < 1.29 is 38.1 Å². The van der Waals surface area contributed by atoms with Crippen molar-refractivity contribution in [1.82, 2.24) is 0 Å². The Morgan fingerprint density at radius 1 is 0.667 bits per heavy atom. The summed E-state index contributed by atoms with van der Waals surface area (Å²) in [6, 6.07) is 19.0. The van der Waals surface area contributed by atoms with Crippen LogP contribution in [0.2, 0.25) is 0 Å². The fourth-order valence-electron chi connectivity index (χ4n) is 3.42. The number of carbonyl (C=O) groups excluding carboxylic acids is 3. The first-order valence-electron chi connectivity index (χ1n) is 11.7. The van der Waals surface area contributed by atoms with Gasteiger partial charge in [0.25, 0.3) is 0 Å². The van der Waals surface area contributed by atoms with Gasteiger partial charge >= 0.3 is 17.9 Å². The highest BCUT2D eigenvalue weighted by atomic mass is 16.5. The van der Waals surface area contributed by atoms with Gasteiger partial charge in [0.1, 0.15) is 17.2 Å². The second-order valence-electron chi connectivity index (χ2n) is 8.24. The summed E-state index contributed by atoms with van der Waals surface area (Å²) in [5, 5.41) is 0. The molecule has 0 saturated carbocycles. The van der Waals surface area contributed by atoms with Gasteiger partial charge in [-0.25, -0.2) is 14.4 Å². The van der Waals surface area contributed by atoms with E-state index >= 15 is 0 Å². The maximum absolute atomic E-state index is 12.1. The van der Waals surface area contributed by atoms with Gasteiger partial charge in [0, 0.05) is 25.9 Å². The summed E-state index contributed by atoms with van der Waals surface area (Å²) in [4.78, 5) is 36.2. The molecule has 0 aliphatic rings. The lowest BCUT2D eigenvalue weighted by atomic mass is 9.99. The normalized spacial score (nSPS) is 10.3. The molecule has 200 valence electrons. The third-order valence-corrected chi connectivity index (χ3v) is 5.35. The van der Waals surface area contributed by atoms with E-state index in [9.17, 15) is 14.4 Å². The molecule has 0 aliphatic heterocycles. The van der Waals surface area contributed by atoms with Crippen LogP contribution in [0.5, 0.6) is 17.2 Å². The molecule has 3 aromatic carbocycles. The number of methoxy groups -OCH3 is 2. The number of carbonyl (C=O) groups is 3. The zero-order chi connectivity index (χ0) is 28.4. The Hall–Kier alpha value is -4.79. The van der Waals surface area contributed by atoms with E-state index in [-0.39, 0.29) is 24.4 Å². The molecule has 0 amide bonds. The first-order chi connectivity index (χ1) is 18.7. The van der Waals surface area contributed by atoms with E-state index in [1.165, 1.54) is 14.2 Å². The summed E-state index contributed by atoms with van der Waals surface area (Å²) in [7, 11) is 2.93. The summed E-state index contributed by atoms with van der Waals surface area (Å²) in [5.41, 5.74) is 3.31. The number of benzene rings is 3. The minimum atomic E-state index is -0.617. The van der Waals surface area contributed by atoms with Gasteiger partial charge in [-0.3, -0.25) is 0 Å². The van der Waals surface area contributed by atoms with Crippen molar-refractivity contribution >= 4 is 17.9 Å². The van der Waals surface area contributed by atoms with Gasteiger partial charge < -0.3 is 23.7 Å². The molecular weight excluding hydrogens is 500 g/mol. The quantitative estimate of drug-likeness (QED) is 0.177. The Bertz CT molecular complexity index is 1390. The SMILES string of the molecule is C=CC(=O)Oc1cc(-c2ccc(OC(=O)C(=C)COC)cc2)ccc1-c1ccc(OC(=O)C(=C)COC)cc1. The fraction of sp³-hybridized carbons (Fsp3) is 0.129. The first-order valence-corrected chi connectivity index (χ1v) is 11.7. The second kappa shape index (κ2) is 13.7. The van der Waals surface area contributed by atoms with Gasteiger partial charge in [-0.2, -0.15) is 0 Å². The van der Waals surface area contributed by atoms with Crippen LogP contribution in [0.25, 0.3) is 22.3 Å². The minimum Gasteiger partial charge on any atom is -0.423 e. The Morgan fingerprint density at radius 2 is 1.13 bits per heavy atom. The average Bonchev–Trinajstić information content (AvgIpc) is 2.94. The van der Waals surface area contributed by atoms with E-state index < -0.39 is 17.9 Å². The van der Waals surface area contributed by atoms with Crippen LogP contribution >= 0.6 is 0 Å². The smallest absolute Gasteiger partial charge is 0.341 e. The zero-order valence-corrected chi connectivity index (χ0v) is 21.7. The number of rotatable bonds is 12. The topological polar surface area (TPSA) is 97.4 Å². The van der Waals surface area contributed by atoms with Gasteiger partial charge in [-0.15, -0.1) is 0 Å². The second-order valence-corrected chi connectivity index (χ2v) is 8.24. The van der Waals surface area contributed by atoms with Crippen molar-refractivity contribution in [3.05, 3.63) is 104 Å². The molecule has 0 spiro atoms. The van der Waals surface area contributed by atoms with Crippen LogP contribution in [0.4, 0.5) is 0 Å². The lowest BCUT2D eigenvalue weighted by Crippen LogP contribution is -2.13. The highest BCUT2D eigenvalue weighted by Crippen LogP contribution is 2.36. The predicted octanol–water partition coefficient (Wildman–Crippen LogP) is 5.33. The molecule has 39 heavy (non-hydrogen) atoms. The van der Waals surface area contributed by atoms with E-state index in [4.69, 9.17) is 23.7 Å². The Morgan fingerprint density at radius 3 is 1.59 bits per heavy atom. The maximum Gasteiger partial charge on any atom is 0.341 e. The van der Waals surface area contributed by atoms with Crippen molar-refractivity contribution in [3.63, 3.8) is 0 Å². The minimum absolute atomic E-state index is 0.0688. The number of hydrogen-bond donors (Lipinski definition) is 0. The lowest BCUT2D eigenvalue weighted by molar-refractivity contribution is -0.131. The zero-order valence-electron chi connectivity index (χ0n) is 21.7. The molecule has 0 bridgehead atoms. The van der Waals surface area contributed by atoms with Gasteiger partial charge in [0.15, 0.2) is 0 Å². The van der Waals surface area contributed by atoms with Gasteiger partial charge in [-0.05, 0) is 47.0 Å². The Kier molecular flexibility index (Phi) is 10.1. The van der Waals surface area contributed by atoms with Crippen molar-refractivity contribution in [1.29, 1.82) is 0 Å². The molecule has 0 N–H and O–H groups in total. The molecule has 0 fully saturated rings. The summed E-state index contributed by atoms with van der Waals surface area (Å²) in [6.07, 6.45) is 1.08. The molecule has 0 aliphatic carbocycles. The molecule has 0 radical (unpaired) electrons. The van der Waals surface area contributed by atoms with E-state index in [0.717, 1.165) is 22.8 Å². The van der Waals surface area contributed by atoms with Crippen LogP contribution in [0.1, 0.15) is 0 Å². The fourth-order valence-corrected chi connectivity index (χ4v) is 3.42. The van der Waals surface area contributed by atoms with Crippen LogP contribution in [-0.2, 0) is 23.9 Å². The monoisotopic (exact) mass is 528 g/mol. The lowest BCUT2D eigenvalue weighted by Gasteiger charge is -2.13. The molecule has 0 saturated heterocycles. The highest BCUT2D eigenvalue weighted by Gasteiger charge is 2.14. The molecule has 0 heterocycles. The summed E-state index contributed by atoms with van der Waals surface area (Å²) in [6.45, 7) is 10.9. The third kappa shape index (κ3) is 7.85. The summed E-state index contributed by atoms with van der Waals surface area (Å²) in [5.74, 6) is -0.795. The molecule has 8 heteroatoms. The third-order valence-electron chi connectivity index (χ3n) is 5.35. The summed E-state index contributed by atoms with van der Waals surface area (Å²) < 4.78 is 25.9. The van der Waals surface area contributed by atoms with Crippen LogP contribution < -0.4 is 14.2 Å². The molecule has 0 unspecified atom stereocenters. The van der Waals surface area contributed by atoms with E-state index in [0.29, 0.717) is 22.8 Å². The average molecular weight is 529 g/mol. The van der Waals surface area contributed by atoms with E-state index in [2.05, 4.69) is 19.7 Å². The van der Waals surface area contributed by atoms with Crippen molar-refractivity contribution in [3.8, 4) is 39.5 Å². The predicted molar refractivity (Wildman–Crippen MR) is 146 cm³/mol. The largest absolute Gasteiger partial charge is 0.423 e. The molecule has 3 rings (SSSR count). The van der Waals surface area contributed by atoms with Crippen LogP contribution in [0.15, 0.2) is 104 Å². The molecule has 0 atom stereocenters. The molecule has 8 nitrogen and oxygen atoms in total. The van der Waals surface area contributed by atoms with E-state index in [1.54, 1.807) is 54.6 Å². The Labute approximate surface area is 226 Å². The Balaban J connectivity index is 1.84. The van der Waals surface area contributed by atoms with Gasteiger partial charge in [-0.1, -0.05) is 56.1 Å². The maximum atomic E-state index is 12.1. The van der Waals surface area contributed by atoms with Gasteiger partial charge in [0.05, 0.1) is 24.4 Å². The molecular formula is C31H28O8. The highest BCUT2D eigenvalue weighted by molar-refractivity contribution is 5.91.